The maximum Gasteiger partial charge on any atom is 0.250 e. The van der Waals surface area contributed by atoms with Gasteiger partial charge in [0.1, 0.15) is 9.96 Å². The molecule has 2 heterocycles. The molecule has 3 aromatic rings. The number of hydrogen-bond donors (Lipinski definition) is 2. The summed E-state index contributed by atoms with van der Waals surface area (Å²) in [4.78, 5) is 3.23. The van der Waals surface area contributed by atoms with E-state index in [-0.39, 0.29) is 10.8 Å². The first-order valence-corrected chi connectivity index (χ1v) is 10.3. The lowest BCUT2D eigenvalue weighted by molar-refractivity contribution is 0.415. The van der Waals surface area contributed by atoms with Crippen molar-refractivity contribution in [2.45, 2.75) is 23.5 Å². The number of benzene rings is 1. The lowest BCUT2D eigenvalue weighted by atomic mass is 9.84. The predicted molar refractivity (Wildman–Crippen MR) is 102 cm³/mol. The summed E-state index contributed by atoms with van der Waals surface area (Å²) in [6.45, 7) is 4.26. The number of H-pyrrole nitrogens is 1. The average Bonchev–Trinajstić information content (AvgIpc) is 3.19. The van der Waals surface area contributed by atoms with Crippen molar-refractivity contribution in [2.24, 2.45) is 0 Å². The van der Waals surface area contributed by atoms with E-state index in [0.717, 1.165) is 33.6 Å². The molecule has 1 aromatic carbocycles. The van der Waals surface area contributed by atoms with Gasteiger partial charge in [-0.3, -0.25) is 0 Å². The van der Waals surface area contributed by atoms with Crippen LogP contribution in [0.1, 0.15) is 19.4 Å². The van der Waals surface area contributed by atoms with Gasteiger partial charge in [-0.25, -0.2) is 13.1 Å². The second kappa shape index (κ2) is 6.64. The molecule has 0 saturated carbocycles. The van der Waals surface area contributed by atoms with Crippen LogP contribution in [0.15, 0.2) is 40.7 Å². The van der Waals surface area contributed by atoms with Crippen molar-refractivity contribution in [2.75, 3.05) is 13.7 Å². The first kappa shape index (κ1) is 18.3. The van der Waals surface area contributed by atoms with Crippen molar-refractivity contribution in [3.05, 3.63) is 46.4 Å². The molecule has 0 aliphatic heterocycles. The fourth-order valence-electron chi connectivity index (χ4n) is 2.67. The largest absolute Gasteiger partial charge is 0.497 e. The van der Waals surface area contributed by atoms with Crippen LogP contribution in [0.2, 0.25) is 4.34 Å². The number of hydrogen-bond acceptors (Lipinski definition) is 4. The summed E-state index contributed by atoms with van der Waals surface area (Å²) in [5, 5.41) is 1.02. The van der Waals surface area contributed by atoms with Crippen LogP contribution in [0, 0.1) is 0 Å². The number of aromatic amines is 1. The minimum absolute atomic E-state index is 0.217. The molecular formula is C17H19ClN2O3S2. The highest BCUT2D eigenvalue weighted by atomic mass is 35.5. The van der Waals surface area contributed by atoms with Crippen molar-refractivity contribution < 1.29 is 13.2 Å². The summed E-state index contributed by atoms with van der Waals surface area (Å²) >= 11 is 6.88. The van der Waals surface area contributed by atoms with Crippen LogP contribution >= 0.6 is 22.9 Å². The minimum atomic E-state index is -3.58. The zero-order valence-corrected chi connectivity index (χ0v) is 16.5. The Kier molecular flexibility index (Phi) is 4.85. The quantitative estimate of drug-likeness (QED) is 0.655. The number of methoxy groups -OCH3 is 1. The van der Waals surface area contributed by atoms with Crippen molar-refractivity contribution in [1.82, 2.24) is 9.71 Å². The normalized spacial score (nSPS) is 12.6. The lowest BCUT2D eigenvalue weighted by Crippen LogP contribution is -2.36. The third-order valence-electron chi connectivity index (χ3n) is 4.14. The predicted octanol–water partition coefficient (Wildman–Crippen LogP) is 4.15. The Bertz CT molecular complexity index is 1010. The zero-order chi connectivity index (χ0) is 18.2. The van der Waals surface area contributed by atoms with Gasteiger partial charge in [-0.1, -0.05) is 25.4 Å². The highest BCUT2D eigenvalue weighted by molar-refractivity contribution is 7.91. The van der Waals surface area contributed by atoms with Crippen LogP contribution in [0.3, 0.4) is 0 Å². The number of sulfonamides is 1. The molecule has 0 aliphatic rings. The molecule has 0 spiro atoms. The fourth-order valence-corrected chi connectivity index (χ4v) is 5.41. The number of aromatic nitrogens is 1. The average molecular weight is 399 g/mol. The number of nitrogens with one attached hydrogen (secondary N) is 2. The Morgan fingerprint density at radius 2 is 2.04 bits per heavy atom. The first-order chi connectivity index (χ1) is 11.7. The molecule has 25 heavy (non-hydrogen) atoms. The Balaban J connectivity index is 1.87. The molecule has 3 rings (SSSR count). The number of thiophene rings is 1. The van der Waals surface area contributed by atoms with E-state index >= 15 is 0 Å². The molecule has 134 valence electrons. The van der Waals surface area contributed by atoms with E-state index in [2.05, 4.69) is 9.71 Å². The minimum Gasteiger partial charge on any atom is -0.497 e. The molecule has 0 unspecified atom stereocenters. The van der Waals surface area contributed by atoms with Gasteiger partial charge < -0.3 is 9.72 Å². The van der Waals surface area contributed by atoms with E-state index in [4.69, 9.17) is 16.3 Å². The van der Waals surface area contributed by atoms with E-state index in [9.17, 15) is 8.42 Å². The second-order valence-electron chi connectivity index (χ2n) is 6.38. The topological polar surface area (TPSA) is 71.2 Å². The van der Waals surface area contributed by atoms with Gasteiger partial charge in [0.05, 0.1) is 11.4 Å². The summed E-state index contributed by atoms with van der Waals surface area (Å²) < 4.78 is 33.5. The molecule has 8 heteroatoms. The summed E-state index contributed by atoms with van der Waals surface area (Å²) in [5.74, 6) is 0.762. The number of ether oxygens (including phenoxy) is 1. The summed E-state index contributed by atoms with van der Waals surface area (Å²) in [7, 11) is -1.96. The Morgan fingerprint density at radius 1 is 1.28 bits per heavy atom. The third-order valence-corrected chi connectivity index (χ3v) is 7.26. The molecule has 0 aliphatic carbocycles. The molecule has 0 fully saturated rings. The van der Waals surface area contributed by atoms with Crippen molar-refractivity contribution in [3.63, 3.8) is 0 Å². The SMILES string of the molecule is COc1ccc2[nH]cc(C(C)(C)CNS(=O)(=O)c3ccc(Cl)s3)c2c1. The van der Waals surface area contributed by atoms with Crippen molar-refractivity contribution >= 4 is 43.9 Å². The smallest absolute Gasteiger partial charge is 0.250 e. The van der Waals surface area contributed by atoms with Gasteiger partial charge >= 0.3 is 0 Å². The first-order valence-electron chi connectivity index (χ1n) is 7.63. The monoisotopic (exact) mass is 398 g/mol. The van der Waals surface area contributed by atoms with E-state index in [0.29, 0.717) is 4.34 Å². The van der Waals surface area contributed by atoms with Crippen LogP contribution < -0.4 is 9.46 Å². The maximum atomic E-state index is 12.4. The van der Waals surface area contributed by atoms with E-state index in [1.165, 1.54) is 6.07 Å². The molecule has 2 aromatic heterocycles. The number of rotatable bonds is 6. The van der Waals surface area contributed by atoms with Crippen LogP contribution in [-0.2, 0) is 15.4 Å². The van der Waals surface area contributed by atoms with Crippen molar-refractivity contribution in [3.8, 4) is 5.75 Å². The lowest BCUT2D eigenvalue weighted by Gasteiger charge is -2.24. The van der Waals surface area contributed by atoms with Crippen LogP contribution in [0.5, 0.6) is 5.75 Å². The van der Waals surface area contributed by atoms with Gasteiger partial charge in [-0.15, -0.1) is 11.3 Å². The van der Waals surface area contributed by atoms with Gasteiger partial charge in [0.15, 0.2) is 0 Å². The maximum absolute atomic E-state index is 12.4. The molecule has 0 amide bonds. The Hall–Kier alpha value is -1.54. The summed E-state index contributed by atoms with van der Waals surface area (Å²) in [6.07, 6.45) is 1.92. The fraction of sp³-hybridized carbons (Fsp3) is 0.294. The van der Waals surface area contributed by atoms with Crippen LogP contribution in [-0.4, -0.2) is 27.1 Å². The Morgan fingerprint density at radius 3 is 2.68 bits per heavy atom. The van der Waals surface area contributed by atoms with Crippen LogP contribution in [0.4, 0.5) is 0 Å². The molecule has 0 saturated heterocycles. The summed E-state index contributed by atoms with van der Waals surface area (Å²) in [5.41, 5.74) is 1.59. The standard InChI is InChI=1S/C17H19ClN2O3S2/c1-17(2,10-20-25(21,22)16-7-6-15(18)24-16)13-9-19-14-5-4-11(23-3)8-12(13)14/h4-9,19-20H,10H2,1-3H3. The van der Waals surface area contributed by atoms with Gasteiger partial charge in [-0.05, 0) is 35.9 Å². The highest BCUT2D eigenvalue weighted by Crippen LogP contribution is 2.33. The number of halogens is 1. The van der Waals surface area contributed by atoms with Crippen LogP contribution in [0.25, 0.3) is 10.9 Å². The number of fused-ring (bicyclic) bond motifs is 1. The van der Waals surface area contributed by atoms with E-state index in [1.807, 2.05) is 38.2 Å². The molecule has 5 nitrogen and oxygen atoms in total. The van der Waals surface area contributed by atoms with Gasteiger partial charge in [0.25, 0.3) is 0 Å². The van der Waals surface area contributed by atoms with E-state index in [1.54, 1.807) is 13.2 Å². The molecule has 0 radical (unpaired) electrons. The van der Waals surface area contributed by atoms with Gasteiger partial charge in [0, 0.05) is 29.1 Å². The zero-order valence-electron chi connectivity index (χ0n) is 14.1. The highest BCUT2D eigenvalue weighted by Gasteiger charge is 2.27. The van der Waals surface area contributed by atoms with E-state index < -0.39 is 15.4 Å². The molecule has 0 atom stereocenters. The Labute approximate surface area is 156 Å². The van der Waals surface area contributed by atoms with Gasteiger partial charge in [0.2, 0.25) is 10.0 Å². The summed E-state index contributed by atoms with van der Waals surface area (Å²) in [6, 6.07) is 8.89. The van der Waals surface area contributed by atoms with Crippen molar-refractivity contribution in [1.29, 1.82) is 0 Å². The third kappa shape index (κ3) is 3.69. The second-order valence-corrected chi connectivity index (χ2v) is 10.1. The van der Waals surface area contributed by atoms with Gasteiger partial charge in [-0.2, -0.15) is 0 Å². The molecular weight excluding hydrogens is 380 g/mol. The molecule has 0 bridgehead atoms. The molecule has 2 N–H and O–H groups in total.